The Bertz CT molecular complexity index is 251. The van der Waals surface area contributed by atoms with Crippen molar-refractivity contribution in [2.24, 2.45) is 5.73 Å². The van der Waals surface area contributed by atoms with E-state index in [4.69, 9.17) is 5.73 Å². The molecule has 1 unspecified atom stereocenters. The second-order valence-electron chi connectivity index (χ2n) is 4.44. The predicted octanol–water partition coefficient (Wildman–Crippen LogP) is 0.135. The van der Waals surface area contributed by atoms with Crippen LogP contribution in [0.1, 0.15) is 20.8 Å². The molecule has 0 bridgehead atoms. The van der Waals surface area contributed by atoms with Crippen LogP contribution in [-0.4, -0.2) is 42.1 Å². The molecule has 0 rings (SSSR count). The van der Waals surface area contributed by atoms with Crippen LogP contribution in [-0.2, 0) is 14.3 Å². The number of hydrogen-bond donors (Lipinski definition) is 2. The highest BCUT2D eigenvalue weighted by molar-refractivity contribution is 8.00. The molecule has 0 heterocycles. The molecule has 1 amide bonds. The molecule has 0 fully saturated rings. The van der Waals surface area contributed by atoms with Gasteiger partial charge < -0.3 is 15.8 Å². The highest BCUT2D eigenvalue weighted by atomic mass is 32.2. The van der Waals surface area contributed by atoms with E-state index in [-0.39, 0.29) is 11.4 Å². The van der Waals surface area contributed by atoms with E-state index in [1.807, 2.05) is 20.8 Å². The van der Waals surface area contributed by atoms with Crippen LogP contribution < -0.4 is 11.1 Å². The first kappa shape index (κ1) is 15.2. The first-order valence-corrected chi connectivity index (χ1v) is 6.14. The number of nitrogens with two attached hydrogens (primary N) is 1. The molecule has 0 aliphatic rings. The zero-order valence-corrected chi connectivity index (χ0v) is 11.0. The lowest BCUT2D eigenvalue weighted by molar-refractivity contribution is -0.141. The van der Waals surface area contributed by atoms with E-state index in [0.29, 0.717) is 11.5 Å². The largest absolute Gasteiger partial charge is 0.468 e. The number of thioether (sulfide) groups is 1. The summed E-state index contributed by atoms with van der Waals surface area (Å²) < 4.78 is 4.47. The quantitative estimate of drug-likeness (QED) is 0.676. The topological polar surface area (TPSA) is 81.4 Å². The molecule has 0 spiro atoms. The van der Waals surface area contributed by atoms with E-state index >= 15 is 0 Å². The molecule has 6 heteroatoms. The maximum absolute atomic E-state index is 11.4. The maximum Gasteiger partial charge on any atom is 0.323 e. The van der Waals surface area contributed by atoms with E-state index in [1.54, 1.807) is 0 Å². The summed E-state index contributed by atoms with van der Waals surface area (Å²) in [5.41, 5.74) is 5.28. The van der Waals surface area contributed by atoms with Crippen molar-refractivity contribution in [3.63, 3.8) is 0 Å². The number of amides is 1. The summed E-state index contributed by atoms with van der Waals surface area (Å²) in [6, 6.07) is -0.669. The van der Waals surface area contributed by atoms with E-state index < -0.39 is 12.0 Å². The zero-order chi connectivity index (χ0) is 12.8. The van der Waals surface area contributed by atoms with Gasteiger partial charge in [0.05, 0.1) is 12.9 Å². The third kappa shape index (κ3) is 7.53. The molecule has 0 saturated carbocycles. The third-order valence-corrected chi connectivity index (χ3v) is 2.61. The highest BCUT2D eigenvalue weighted by Crippen LogP contribution is 2.05. The molecule has 0 aliphatic heterocycles. The fraction of sp³-hybridized carbons (Fsp3) is 0.800. The van der Waals surface area contributed by atoms with Gasteiger partial charge in [-0.25, -0.2) is 0 Å². The molecule has 0 aliphatic carbocycles. The molecular weight excluding hydrogens is 228 g/mol. The normalized spacial score (nSPS) is 13.1. The van der Waals surface area contributed by atoms with Crippen molar-refractivity contribution in [3.05, 3.63) is 0 Å². The number of rotatable bonds is 5. The first-order chi connectivity index (χ1) is 7.26. The van der Waals surface area contributed by atoms with Crippen molar-refractivity contribution < 1.29 is 14.3 Å². The summed E-state index contributed by atoms with van der Waals surface area (Å²) in [4.78, 5) is 22.3. The van der Waals surface area contributed by atoms with Gasteiger partial charge in [0.15, 0.2) is 0 Å². The SMILES string of the molecule is COC(=O)C(N)CSCC(=O)NC(C)(C)C. The van der Waals surface area contributed by atoms with Crippen LogP contribution in [0.25, 0.3) is 0 Å². The van der Waals surface area contributed by atoms with Crippen molar-refractivity contribution in [2.75, 3.05) is 18.6 Å². The number of carbonyl (C=O) groups excluding carboxylic acids is 2. The standard InChI is InChI=1S/C10H20N2O3S/c1-10(2,3)12-8(13)6-16-5-7(11)9(14)15-4/h7H,5-6,11H2,1-4H3,(H,12,13). The Morgan fingerprint density at radius 1 is 1.44 bits per heavy atom. The Morgan fingerprint density at radius 3 is 2.44 bits per heavy atom. The molecule has 5 nitrogen and oxygen atoms in total. The molecule has 0 radical (unpaired) electrons. The van der Waals surface area contributed by atoms with E-state index in [2.05, 4.69) is 10.1 Å². The number of methoxy groups -OCH3 is 1. The number of hydrogen-bond acceptors (Lipinski definition) is 5. The molecular formula is C10H20N2O3S. The maximum atomic E-state index is 11.4. The number of carbonyl (C=O) groups is 2. The van der Waals surface area contributed by atoms with Crippen molar-refractivity contribution >= 4 is 23.6 Å². The van der Waals surface area contributed by atoms with Crippen LogP contribution in [0.5, 0.6) is 0 Å². The average Bonchev–Trinajstić information content (AvgIpc) is 2.13. The van der Waals surface area contributed by atoms with Gasteiger partial charge in [0.1, 0.15) is 6.04 Å². The Labute approximate surface area is 100 Å². The van der Waals surface area contributed by atoms with Crippen LogP contribution in [0, 0.1) is 0 Å². The van der Waals surface area contributed by atoms with Crippen LogP contribution >= 0.6 is 11.8 Å². The Kier molecular flexibility index (Phi) is 6.43. The summed E-state index contributed by atoms with van der Waals surface area (Å²) in [6.07, 6.45) is 0. The van der Waals surface area contributed by atoms with E-state index in [1.165, 1.54) is 18.9 Å². The van der Waals surface area contributed by atoms with Gasteiger partial charge in [-0.2, -0.15) is 0 Å². The fourth-order valence-corrected chi connectivity index (χ4v) is 1.72. The minimum atomic E-state index is -0.669. The third-order valence-electron chi connectivity index (χ3n) is 1.55. The van der Waals surface area contributed by atoms with Gasteiger partial charge in [-0.05, 0) is 20.8 Å². The Balaban J connectivity index is 3.74. The Hall–Kier alpha value is -0.750. The molecule has 1 atom stereocenters. The van der Waals surface area contributed by atoms with Crippen molar-refractivity contribution in [2.45, 2.75) is 32.4 Å². The molecule has 0 aromatic carbocycles. The molecule has 3 N–H and O–H groups in total. The van der Waals surface area contributed by atoms with Crippen molar-refractivity contribution in [3.8, 4) is 0 Å². The lowest BCUT2D eigenvalue weighted by Crippen LogP contribution is -2.42. The van der Waals surface area contributed by atoms with Crippen LogP contribution in [0.3, 0.4) is 0 Å². The van der Waals surface area contributed by atoms with Crippen LogP contribution in [0.4, 0.5) is 0 Å². The summed E-state index contributed by atoms with van der Waals surface area (Å²) >= 11 is 1.32. The van der Waals surface area contributed by atoms with Gasteiger partial charge in [-0.1, -0.05) is 0 Å². The lowest BCUT2D eigenvalue weighted by Gasteiger charge is -2.20. The zero-order valence-electron chi connectivity index (χ0n) is 10.2. The molecule has 16 heavy (non-hydrogen) atoms. The minimum Gasteiger partial charge on any atom is -0.468 e. The number of esters is 1. The van der Waals surface area contributed by atoms with Gasteiger partial charge in [0.2, 0.25) is 5.91 Å². The number of nitrogens with one attached hydrogen (secondary N) is 1. The predicted molar refractivity (Wildman–Crippen MR) is 65.2 cm³/mol. The highest BCUT2D eigenvalue weighted by Gasteiger charge is 2.16. The smallest absolute Gasteiger partial charge is 0.323 e. The Morgan fingerprint density at radius 2 is 2.00 bits per heavy atom. The summed E-state index contributed by atoms with van der Waals surface area (Å²) in [6.45, 7) is 5.74. The van der Waals surface area contributed by atoms with Gasteiger partial charge in [0, 0.05) is 11.3 Å². The lowest BCUT2D eigenvalue weighted by atomic mass is 10.1. The monoisotopic (exact) mass is 248 g/mol. The fourth-order valence-electron chi connectivity index (χ4n) is 0.952. The average molecular weight is 248 g/mol. The first-order valence-electron chi connectivity index (χ1n) is 4.98. The molecule has 0 saturated heterocycles. The molecule has 0 aromatic heterocycles. The van der Waals surface area contributed by atoms with Crippen LogP contribution in [0.15, 0.2) is 0 Å². The van der Waals surface area contributed by atoms with Gasteiger partial charge in [-0.3, -0.25) is 9.59 Å². The van der Waals surface area contributed by atoms with Crippen molar-refractivity contribution in [1.29, 1.82) is 0 Å². The number of ether oxygens (including phenoxy) is 1. The van der Waals surface area contributed by atoms with Gasteiger partial charge in [-0.15, -0.1) is 11.8 Å². The van der Waals surface area contributed by atoms with Crippen molar-refractivity contribution in [1.82, 2.24) is 5.32 Å². The van der Waals surface area contributed by atoms with Gasteiger partial charge in [0.25, 0.3) is 0 Å². The van der Waals surface area contributed by atoms with Crippen LogP contribution in [0.2, 0.25) is 0 Å². The molecule has 94 valence electrons. The second-order valence-corrected chi connectivity index (χ2v) is 5.47. The summed E-state index contributed by atoms with van der Waals surface area (Å²) in [5.74, 6) is 0.157. The van der Waals surface area contributed by atoms with Gasteiger partial charge >= 0.3 is 5.97 Å². The van der Waals surface area contributed by atoms with E-state index in [0.717, 1.165) is 0 Å². The molecule has 0 aromatic rings. The summed E-state index contributed by atoms with van der Waals surface area (Å²) in [5, 5.41) is 2.82. The minimum absolute atomic E-state index is 0.0606. The second kappa shape index (κ2) is 6.75. The summed E-state index contributed by atoms with van der Waals surface area (Å²) in [7, 11) is 1.29. The van der Waals surface area contributed by atoms with E-state index in [9.17, 15) is 9.59 Å².